The van der Waals surface area contributed by atoms with Crippen molar-refractivity contribution < 1.29 is 4.39 Å². The Bertz CT molecular complexity index is 299. The molecule has 0 radical (unpaired) electrons. The minimum Gasteiger partial charge on any atom is -0.316 e. The Kier molecular flexibility index (Phi) is 7.46. The molecule has 0 atom stereocenters. The number of likely N-dealkylation sites (N-methyl/N-ethyl adjacent to an activating group) is 1. The average molecular weight is 210 g/mol. The fourth-order valence-corrected chi connectivity index (χ4v) is 1.18. The van der Waals surface area contributed by atoms with Gasteiger partial charge in [0.2, 0.25) is 0 Å². The molecule has 0 spiro atoms. The minimum absolute atomic E-state index is 0.295. The van der Waals surface area contributed by atoms with Gasteiger partial charge in [-0.25, -0.2) is 4.39 Å². The summed E-state index contributed by atoms with van der Waals surface area (Å²) >= 11 is 0. The second-order valence-corrected chi connectivity index (χ2v) is 2.93. The average Bonchev–Trinajstić information content (AvgIpc) is 2.25. The number of hydrogen-bond donors (Lipinski definition) is 1. The molecule has 0 heterocycles. The third kappa shape index (κ3) is 4.70. The first-order valence-corrected chi connectivity index (χ1v) is 5.02. The van der Waals surface area contributed by atoms with Gasteiger partial charge in [0.1, 0.15) is 11.5 Å². The van der Waals surface area contributed by atoms with Crippen LogP contribution in [0.1, 0.15) is 20.8 Å². The molecule has 84 valence electrons. The molecule has 0 fully saturated rings. The predicted octanol–water partition coefficient (Wildman–Crippen LogP) is 3.00. The lowest BCUT2D eigenvalue weighted by Gasteiger charge is -2.06. The highest BCUT2D eigenvalue weighted by Crippen LogP contribution is 2.18. The number of hydrogen-bond acceptors (Lipinski definition) is 2. The summed E-state index contributed by atoms with van der Waals surface area (Å²) in [6, 6.07) is 0. The van der Waals surface area contributed by atoms with Crippen LogP contribution in [0.25, 0.3) is 0 Å². The van der Waals surface area contributed by atoms with E-state index in [1.807, 2.05) is 26.1 Å². The Morgan fingerprint density at radius 1 is 1.33 bits per heavy atom. The fourth-order valence-electron chi connectivity index (χ4n) is 1.18. The Labute approximate surface area is 91.3 Å². The van der Waals surface area contributed by atoms with Crippen molar-refractivity contribution in [1.29, 1.82) is 0 Å². The van der Waals surface area contributed by atoms with E-state index >= 15 is 0 Å². The van der Waals surface area contributed by atoms with Gasteiger partial charge in [0.25, 0.3) is 0 Å². The summed E-state index contributed by atoms with van der Waals surface area (Å²) in [5.74, 6) is -0.295. The molecule has 2 nitrogen and oxygen atoms in total. The van der Waals surface area contributed by atoms with Gasteiger partial charge < -0.3 is 5.32 Å². The Morgan fingerprint density at radius 3 is 2.40 bits per heavy atom. The third-order valence-electron chi connectivity index (χ3n) is 1.78. The van der Waals surface area contributed by atoms with E-state index < -0.39 is 0 Å². The van der Waals surface area contributed by atoms with Crippen LogP contribution in [-0.4, -0.2) is 19.8 Å². The zero-order valence-electron chi connectivity index (χ0n) is 9.84. The van der Waals surface area contributed by atoms with Crippen molar-refractivity contribution in [2.45, 2.75) is 20.8 Å². The quantitative estimate of drug-likeness (QED) is 0.547. The smallest absolute Gasteiger partial charge is 0.144 e. The summed E-state index contributed by atoms with van der Waals surface area (Å²) in [6.45, 7) is 5.93. The normalized spacial score (nSPS) is 15.1. The van der Waals surface area contributed by atoms with Gasteiger partial charge in [0.05, 0.1) is 0 Å². The lowest BCUT2D eigenvalue weighted by atomic mass is 10.1. The Hall–Kier alpha value is -1.22. The zero-order valence-corrected chi connectivity index (χ0v) is 9.84. The highest BCUT2D eigenvalue weighted by atomic mass is 19.1. The summed E-state index contributed by atoms with van der Waals surface area (Å²) in [5.41, 5.74) is 1.24. The lowest BCUT2D eigenvalue weighted by Crippen LogP contribution is -2.11. The number of aliphatic imine (C=N–C) groups is 1. The molecule has 0 unspecified atom stereocenters. The molecule has 15 heavy (non-hydrogen) atoms. The summed E-state index contributed by atoms with van der Waals surface area (Å²) in [5, 5.41) is 2.99. The van der Waals surface area contributed by atoms with E-state index in [9.17, 15) is 4.39 Å². The minimum atomic E-state index is -0.295. The SMILES string of the molecule is C\C=C/C(CNC)=C(/N=C\C)C(\F)=C/C. The first-order valence-electron chi connectivity index (χ1n) is 5.02. The van der Waals surface area contributed by atoms with Crippen LogP contribution in [0.15, 0.2) is 40.3 Å². The third-order valence-corrected chi connectivity index (χ3v) is 1.78. The molecular formula is C12H19FN2. The van der Waals surface area contributed by atoms with Crippen LogP contribution in [0.5, 0.6) is 0 Å². The molecule has 0 rings (SSSR count). The molecule has 0 aliphatic heterocycles. The molecule has 0 amide bonds. The topological polar surface area (TPSA) is 24.4 Å². The van der Waals surface area contributed by atoms with E-state index in [1.54, 1.807) is 20.1 Å². The van der Waals surface area contributed by atoms with Gasteiger partial charge in [0.15, 0.2) is 0 Å². The van der Waals surface area contributed by atoms with Gasteiger partial charge >= 0.3 is 0 Å². The summed E-state index contributed by atoms with van der Waals surface area (Å²) in [7, 11) is 1.82. The number of halogens is 1. The monoisotopic (exact) mass is 210 g/mol. The van der Waals surface area contributed by atoms with Gasteiger partial charge in [-0.05, 0) is 39.5 Å². The molecule has 1 N–H and O–H groups in total. The predicted molar refractivity (Wildman–Crippen MR) is 64.8 cm³/mol. The second kappa shape index (κ2) is 8.12. The maximum atomic E-state index is 13.5. The zero-order chi connectivity index (χ0) is 11.7. The van der Waals surface area contributed by atoms with Crippen molar-refractivity contribution in [3.8, 4) is 0 Å². The van der Waals surface area contributed by atoms with E-state index in [2.05, 4.69) is 10.3 Å². The maximum absolute atomic E-state index is 13.5. The molecule has 0 saturated heterocycles. The number of allylic oxidation sites excluding steroid dienone is 3. The van der Waals surface area contributed by atoms with E-state index in [1.165, 1.54) is 6.08 Å². The highest BCUT2D eigenvalue weighted by Gasteiger charge is 2.06. The second-order valence-electron chi connectivity index (χ2n) is 2.93. The maximum Gasteiger partial charge on any atom is 0.144 e. The van der Waals surface area contributed by atoms with Gasteiger partial charge in [-0.2, -0.15) is 0 Å². The van der Waals surface area contributed by atoms with Gasteiger partial charge in [-0.3, -0.25) is 4.99 Å². The van der Waals surface area contributed by atoms with Crippen LogP contribution in [0.3, 0.4) is 0 Å². The molecule has 0 aromatic heterocycles. The molecular weight excluding hydrogens is 191 g/mol. The molecule has 0 aliphatic rings. The van der Waals surface area contributed by atoms with E-state index in [-0.39, 0.29) is 5.83 Å². The molecule has 0 aromatic carbocycles. The first-order chi connectivity index (χ1) is 7.21. The van der Waals surface area contributed by atoms with Crippen LogP contribution < -0.4 is 5.32 Å². The van der Waals surface area contributed by atoms with Crippen molar-refractivity contribution in [2.24, 2.45) is 4.99 Å². The van der Waals surface area contributed by atoms with E-state index in [0.29, 0.717) is 12.2 Å². The number of rotatable bonds is 5. The van der Waals surface area contributed by atoms with Crippen molar-refractivity contribution in [2.75, 3.05) is 13.6 Å². The Balaban J connectivity index is 5.33. The van der Waals surface area contributed by atoms with Crippen LogP contribution in [0.4, 0.5) is 4.39 Å². The van der Waals surface area contributed by atoms with E-state index in [0.717, 1.165) is 5.57 Å². The van der Waals surface area contributed by atoms with Gasteiger partial charge in [-0.15, -0.1) is 0 Å². The molecule has 0 saturated carbocycles. The van der Waals surface area contributed by atoms with Crippen molar-refractivity contribution in [3.05, 3.63) is 35.3 Å². The van der Waals surface area contributed by atoms with Crippen LogP contribution in [0.2, 0.25) is 0 Å². The summed E-state index contributed by atoms with van der Waals surface area (Å²) < 4.78 is 13.5. The molecule has 0 aliphatic carbocycles. The van der Waals surface area contributed by atoms with Gasteiger partial charge in [0, 0.05) is 12.8 Å². The molecule has 0 aromatic rings. The standard InChI is InChI=1S/C12H19FN2/c1-5-8-10(9-14-4)12(15-7-3)11(13)6-2/h5-8,14H,9H2,1-4H3/b8-5-,11-6+,12-10-,15-7-. The van der Waals surface area contributed by atoms with E-state index in [4.69, 9.17) is 0 Å². The highest BCUT2D eigenvalue weighted by molar-refractivity contribution is 5.58. The van der Waals surface area contributed by atoms with Crippen molar-refractivity contribution in [1.82, 2.24) is 5.32 Å². The van der Waals surface area contributed by atoms with Crippen LogP contribution >= 0.6 is 0 Å². The number of nitrogens with zero attached hydrogens (tertiary/aromatic N) is 1. The number of nitrogens with one attached hydrogen (secondary N) is 1. The van der Waals surface area contributed by atoms with Crippen molar-refractivity contribution in [3.63, 3.8) is 0 Å². The molecule has 0 bridgehead atoms. The Morgan fingerprint density at radius 2 is 2.00 bits per heavy atom. The summed E-state index contributed by atoms with van der Waals surface area (Å²) in [6.07, 6.45) is 6.75. The first kappa shape index (κ1) is 13.8. The molecule has 3 heteroatoms. The summed E-state index contributed by atoms with van der Waals surface area (Å²) in [4.78, 5) is 4.05. The van der Waals surface area contributed by atoms with Gasteiger partial charge in [-0.1, -0.05) is 12.2 Å². The van der Waals surface area contributed by atoms with Crippen LogP contribution in [-0.2, 0) is 0 Å². The lowest BCUT2D eigenvalue weighted by molar-refractivity contribution is 0.643. The fraction of sp³-hybridized carbons (Fsp3) is 0.417. The largest absolute Gasteiger partial charge is 0.316 e. The van der Waals surface area contributed by atoms with Crippen LogP contribution in [0, 0.1) is 0 Å². The van der Waals surface area contributed by atoms with Crippen molar-refractivity contribution >= 4 is 6.21 Å².